The molecule has 3 N–H and O–H groups in total. The van der Waals surface area contributed by atoms with Crippen LogP contribution >= 0.6 is 0 Å². The first kappa shape index (κ1) is 16.0. The van der Waals surface area contributed by atoms with Crippen molar-refractivity contribution < 1.29 is 9.59 Å². The summed E-state index contributed by atoms with van der Waals surface area (Å²) in [5.74, 6) is 0.317. The maximum absolute atomic E-state index is 11.6. The summed E-state index contributed by atoms with van der Waals surface area (Å²) in [6, 6.07) is 7.31. The Kier molecular flexibility index (Phi) is 6.56. The number of likely N-dealkylation sites (N-methyl/N-ethyl adjacent to an activating group) is 1. The van der Waals surface area contributed by atoms with Crippen LogP contribution in [0.4, 0.5) is 11.4 Å². The number of rotatable bonds is 7. The molecule has 0 aliphatic heterocycles. The van der Waals surface area contributed by atoms with Gasteiger partial charge in [0.25, 0.3) is 0 Å². The molecule has 0 radical (unpaired) electrons. The zero-order chi connectivity index (χ0) is 15.0. The van der Waals surface area contributed by atoms with Crippen LogP contribution in [0.3, 0.4) is 0 Å². The Balaban J connectivity index is 2.44. The van der Waals surface area contributed by atoms with Gasteiger partial charge in [-0.05, 0) is 37.1 Å². The highest BCUT2D eigenvalue weighted by Crippen LogP contribution is 2.14. The van der Waals surface area contributed by atoms with Gasteiger partial charge in [-0.1, -0.05) is 13.8 Å². The lowest BCUT2D eigenvalue weighted by Crippen LogP contribution is -2.29. The second-order valence-corrected chi connectivity index (χ2v) is 5.03. The summed E-state index contributed by atoms with van der Waals surface area (Å²) < 4.78 is 0. The van der Waals surface area contributed by atoms with E-state index in [9.17, 15) is 9.59 Å². The van der Waals surface area contributed by atoms with Crippen molar-refractivity contribution in [2.24, 2.45) is 5.92 Å². The van der Waals surface area contributed by atoms with Crippen molar-refractivity contribution in [2.75, 3.05) is 23.7 Å². The predicted molar refractivity (Wildman–Crippen MR) is 81.7 cm³/mol. The van der Waals surface area contributed by atoms with Crippen molar-refractivity contribution in [3.05, 3.63) is 24.3 Å². The lowest BCUT2D eigenvalue weighted by atomic mass is 10.1. The molecule has 2 amide bonds. The number of nitrogens with one attached hydrogen (secondary N) is 3. The molecule has 1 aromatic carbocycles. The number of carbonyl (C=O) groups excluding carboxylic acids is 2. The van der Waals surface area contributed by atoms with E-state index in [2.05, 4.69) is 16.0 Å². The van der Waals surface area contributed by atoms with Crippen LogP contribution in [0.25, 0.3) is 0 Å². The highest BCUT2D eigenvalue weighted by Gasteiger charge is 2.05. The van der Waals surface area contributed by atoms with Crippen LogP contribution in [0.15, 0.2) is 24.3 Å². The SMILES string of the molecule is CCNC(=O)CNc1ccc(NC(=O)CC(C)C)cc1. The average Bonchev–Trinajstić information content (AvgIpc) is 2.37. The molecule has 5 nitrogen and oxygen atoms in total. The fourth-order valence-electron chi connectivity index (χ4n) is 1.70. The molecule has 0 saturated carbocycles. The van der Waals surface area contributed by atoms with Gasteiger partial charge in [0.2, 0.25) is 11.8 Å². The van der Waals surface area contributed by atoms with E-state index in [1.807, 2.05) is 45.0 Å². The molecule has 110 valence electrons. The molecular weight excluding hydrogens is 254 g/mol. The summed E-state index contributed by atoms with van der Waals surface area (Å²) in [6.07, 6.45) is 0.511. The minimum Gasteiger partial charge on any atom is -0.376 e. The molecule has 0 heterocycles. The Labute approximate surface area is 120 Å². The normalized spacial score (nSPS) is 10.2. The number of carbonyl (C=O) groups is 2. The van der Waals surface area contributed by atoms with E-state index in [0.29, 0.717) is 18.9 Å². The second-order valence-electron chi connectivity index (χ2n) is 5.03. The summed E-state index contributed by atoms with van der Waals surface area (Å²) in [5, 5.41) is 8.57. The highest BCUT2D eigenvalue weighted by atomic mass is 16.2. The smallest absolute Gasteiger partial charge is 0.239 e. The number of hydrogen-bond donors (Lipinski definition) is 3. The Morgan fingerprint density at radius 1 is 1.05 bits per heavy atom. The van der Waals surface area contributed by atoms with E-state index in [0.717, 1.165) is 11.4 Å². The molecule has 0 unspecified atom stereocenters. The monoisotopic (exact) mass is 277 g/mol. The Morgan fingerprint density at radius 3 is 2.20 bits per heavy atom. The topological polar surface area (TPSA) is 70.2 Å². The van der Waals surface area contributed by atoms with Crippen LogP contribution in [0.5, 0.6) is 0 Å². The quantitative estimate of drug-likeness (QED) is 0.715. The van der Waals surface area contributed by atoms with E-state index in [1.54, 1.807) is 0 Å². The van der Waals surface area contributed by atoms with Gasteiger partial charge in [-0.25, -0.2) is 0 Å². The third-order valence-corrected chi connectivity index (χ3v) is 2.59. The second kappa shape index (κ2) is 8.19. The molecule has 0 aliphatic rings. The first-order valence-corrected chi connectivity index (χ1v) is 6.91. The van der Waals surface area contributed by atoms with Crippen LogP contribution in [-0.2, 0) is 9.59 Å². The van der Waals surface area contributed by atoms with Crippen LogP contribution in [0.2, 0.25) is 0 Å². The molecule has 1 rings (SSSR count). The fourth-order valence-corrected chi connectivity index (χ4v) is 1.70. The predicted octanol–water partition coefficient (Wildman–Crippen LogP) is 2.22. The van der Waals surface area contributed by atoms with E-state index in [1.165, 1.54) is 0 Å². The van der Waals surface area contributed by atoms with Crippen molar-refractivity contribution in [2.45, 2.75) is 27.2 Å². The van der Waals surface area contributed by atoms with Crippen molar-refractivity contribution in [1.29, 1.82) is 0 Å². The fraction of sp³-hybridized carbons (Fsp3) is 0.467. The minimum atomic E-state index is -0.0400. The molecule has 0 aromatic heterocycles. The zero-order valence-electron chi connectivity index (χ0n) is 12.3. The van der Waals surface area contributed by atoms with E-state index in [4.69, 9.17) is 0 Å². The number of amides is 2. The largest absolute Gasteiger partial charge is 0.376 e. The number of anilines is 2. The van der Waals surface area contributed by atoms with Gasteiger partial charge in [0.15, 0.2) is 0 Å². The molecule has 0 saturated heterocycles. The third-order valence-electron chi connectivity index (χ3n) is 2.59. The van der Waals surface area contributed by atoms with Gasteiger partial charge in [-0.2, -0.15) is 0 Å². The van der Waals surface area contributed by atoms with Gasteiger partial charge in [-0.3, -0.25) is 9.59 Å². The summed E-state index contributed by atoms with van der Waals surface area (Å²) in [5.41, 5.74) is 1.61. The van der Waals surface area contributed by atoms with Crippen LogP contribution in [-0.4, -0.2) is 24.9 Å². The molecule has 0 aliphatic carbocycles. The number of hydrogen-bond acceptors (Lipinski definition) is 3. The van der Waals surface area contributed by atoms with Gasteiger partial charge in [0.1, 0.15) is 0 Å². The van der Waals surface area contributed by atoms with Crippen molar-refractivity contribution in [3.8, 4) is 0 Å². The van der Waals surface area contributed by atoms with Crippen LogP contribution in [0.1, 0.15) is 27.2 Å². The van der Waals surface area contributed by atoms with Gasteiger partial charge in [-0.15, -0.1) is 0 Å². The van der Waals surface area contributed by atoms with Gasteiger partial charge >= 0.3 is 0 Å². The maximum atomic E-state index is 11.6. The summed E-state index contributed by atoms with van der Waals surface area (Å²) >= 11 is 0. The van der Waals surface area contributed by atoms with Crippen molar-refractivity contribution >= 4 is 23.2 Å². The van der Waals surface area contributed by atoms with Crippen molar-refractivity contribution in [1.82, 2.24) is 5.32 Å². The van der Waals surface area contributed by atoms with E-state index in [-0.39, 0.29) is 18.4 Å². The Hall–Kier alpha value is -2.04. The maximum Gasteiger partial charge on any atom is 0.239 e. The van der Waals surface area contributed by atoms with E-state index < -0.39 is 0 Å². The summed E-state index contributed by atoms with van der Waals surface area (Å²) in [6.45, 7) is 6.77. The Morgan fingerprint density at radius 2 is 1.65 bits per heavy atom. The zero-order valence-corrected chi connectivity index (χ0v) is 12.3. The van der Waals surface area contributed by atoms with Crippen molar-refractivity contribution in [3.63, 3.8) is 0 Å². The first-order valence-electron chi connectivity index (χ1n) is 6.91. The van der Waals surface area contributed by atoms with Crippen LogP contribution in [0, 0.1) is 5.92 Å². The molecule has 0 spiro atoms. The lowest BCUT2D eigenvalue weighted by molar-refractivity contribution is -0.119. The molecule has 0 fully saturated rings. The van der Waals surface area contributed by atoms with Gasteiger partial charge < -0.3 is 16.0 Å². The van der Waals surface area contributed by atoms with Gasteiger partial charge in [0, 0.05) is 24.3 Å². The molecule has 0 atom stereocenters. The molecular formula is C15H23N3O2. The molecule has 0 bridgehead atoms. The summed E-state index contributed by atoms with van der Waals surface area (Å²) in [4.78, 5) is 22.9. The molecule has 5 heteroatoms. The average molecular weight is 277 g/mol. The third kappa shape index (κ3) is 6.22. The van der Waals surface area contributed by atoms with Gasteiger partial charge in [0.05, 0.1) is 6.54 Å². The lowest BCUT2D eigenvalue weighted by Gasteiger charge is -2.09. The van der Waals surface area contributed by atoms with Crippen LogP contribution < -0.4 is 16.0 Å². The number of benzene rings is 1. The first-order chi connectivity index (χ1) is 9.51. The highest BCUT2D eigenvalue weighted by molar-refractivity contribution is 5.91. The van der Waals surface area contributed by atoms with E-state index >= 15 is 0 Å². The summed E-state index contributed by atoms with van der Waals surface area (Å²) in [7, 11) is 0. The molecule has 20 heavy (non-hydrogen) atoms. The minimum absolute atomic E-state index is 0.0167. The standard InChI is InChI=1S/C15H23N3O2/c1-4-16-15(20)10-17-12-5-7-13(8-6-12)18-14(19)9-11(2)3/h5-8,11,17H,4,9-10H2,1-3H3,(H,16,20)(H,18,19). The Bertz CT molecular complexity index is 441. The molecule has 1 aromatic rings.